The van der Waals surface area contributed by atoms with Gasteiger partial charge in [-0.3, -0.25) is 4.79 Å². The number of rotatable bonds is 3. The van der Waals surface area contributed by atoms with Crippen LogP contribution in [0.5, 0.6) is 0 Å². The van der Waals surface area contributed by atoms with E-state index in [1.807, 2.05) is 13.8 Å². The molecular formula is C10H17ClO2. The number of carbonyl (C=O) groups is 1. The van der Waals surface area contributed by atoms with Crippen LogP contribution in [0, 0.1) is 5.92 Å². The maximum atomic E-state index is 10.9. The van der Waals surface area contributed by atoms with Gasteiger partial charge in [-0.15, -0.1) is 0 Å². The summed E-state index contributed by atoms with van der Waals surface area (Å²) < 4.78 is 5.66. The van der Waals surface area contributed by atoms with Crippen LogP contribution in [0.1, 0.15) is 39.5 Å². The summed E-state index contributed by atoms with van der Waals surface area (Å²) in [6.45, 7) is 4.08. The Balaban J connectivity index is 2.26. The summed E-state index contributed by atoms with van der Waals surface area (Å²) in [6, 6.07) is 0. The standard InChI is InChI=1S/C10H17ClO2/c1-7(2)13-9-5-3-8(4-6-9)10(11)12/h7-9H,3-6H2,1-2H3/t8-,9-. The van der Waals surface area contributed by atoms with Gasteiger partial charge in [-0.1, -0.05) is 0 Å². The molecule has 0 spiro atoms. The van der Waals surface area contributed by atoms with E-state index in [1.54, 1.807) is 0 Å². The van der Waals surface area contributed by atoms with E-state index in [4.69, 9.17) is 16.3 Å². The Morgan fingerprint density at radius 1 is 1.31 bits per heavy atom. The van der Waals surface area contributed by atoms with Crippen LogP contribution in [0.25, 0.3) is 0 Å². The van der Waals surface area contributed by atoms with Crippen molar-refractivity contribution in [1.82, 2.24) is 0 Å². The van der Waals surface area contributed by atoms with Crippen LogP contribution in [0.15, 0.2) is 0 Å². The van der Waals surface area contributed by atoms with Crippen molar-refractivity contribution >= 4 is 16.8 Å². The number of hydrogen-bond acceptors (Lipinski definition) is 2. The number of hydrogen-bond donors (Lipinski definition) is 0. The van der Waals surface area contributed by atoms with Gasteiger partial charge in [-0.05, 0) is 51.1 Å². The lowest BCUT2D eigenvalue weighted by Gasteiger charge is -2.27. The van der Waals surface area contributed by atoms with E-state index in [0.717, 1.165) is 25.7 Å². The quantitative estimate of drug-likeness (QED) is 0.661. The number of ether oxygens (including phenoxy) is 1. The van der Waals surface area contributed by atoms with Crippen molar-refractivity contribution in [3.05, 3.63) is 0 Å². The van der Waals surface area contributed by atoms with Gasteiger partial charge in [0.05, 0.1) is 12.2 Å². The zero-order chi connectivity index (χ0) is 9.84. The monoisotopic (exact) mass is 204 g/mol. The van der Waals surface area contributed by atoms with Crippen molar-refractivity contribution < 1.29 is 9.53 Å². The minimum Gasteiger partial charge on any atom is -0.376 e. The molecule has 1 fully saturated rings. The lowest BCUT2D eigenvalue weighted by atomic mass is 9.88. The summed E-state index contributed by atoms with van der Waals surface area (Å²) in [5.41, 5.74) is 0. The van der Waals surface area contributed by atoms with Gasteiger partial charge in [0.2, 0.25) is 5.24 Å². The highest BCUT2D eigenvalue weighted by Crippen LogP contribution is 2.28. The first kappa shape index (κ1) is 11.0. The first-order chi connectivity index (χ1) is 6.09. The fourth-order valence-electron chi connectivity index (χ4n) is 1.81. The predicted octanol–water partition coefficient (Wildman–Crippen LogP) is 2.74. The third kappa shape index (κ3) is 3.65. The fourth-order valence-corrected chi connectivity index (χ4v) is 2.03. The van der Waals surface area contributed by atoms with Crippen molar-refractivity contribution in [3.63, 3.8) is 0 Å². The van der Waals surface area contributed by atoms with Crippen LogP contribution >= 0.6 is 11.6 Å². The van der Waals surface area contributed by atoms with E-state index in [-0.39, 0.29) is 17.3 Å². The van der Waals surface area contributed by atoms with E-state index < -0.39 is 0 Å². The summed E-state index contributed by atoms with van der Waals surface area (Å²) in [5, 5.41) is -0.178. The molecule has 0 aromatic heterocycles. The topological polar surface area (TPSA) is 26.3 Å². The Labute approximate surface area is 84.6 Å². The third-order valence-electron chi connectivity index (χ3n) is 2.46. The molecule has 0 bridgehead atoms. The average molecular weight is 205 g/mol. The predicted molar refractivity (Wildman–Crippen MR) is 52.8 cm³/mol. The molecule has 2 nitrogen and oxygen atoms in total. The van der Waals surface area contributed by atoms with Crippen molar-refractivity contribution in [2.75, 3.05) is 0 Å². The highest BCUT2D eigenvalue weighted by molar-refractivity contribution is 6.63. The molecule has 0 aliphatic heterocycles. The molecule has 0 unspecified atom stereocenters. The lowest BCUT2D eigenvalue weighted by Crippen LogP contribution is -2.26. The molecule has 1 aliphatic carbocycles. The molecule has 1 rings (SSSR count). The molecule has 0 radical (unpaired) electrons. The molecule has 1 aliphatic rings. The van der Waals surface area contributed by atoms with Crippen LogP contribution in [0.4, 0.5) is 0 Å². The van der Waals surface area contributed by atoms with E-state index in [0.29, 0.717) is 6.10 Å². The van der Waals surface area contributed by atoms with E-state index >= 15 is 0 Å². The molecule has 3 heteroatoms. The molecule has 0 heterocycles. The van der Waals surface area contributed by atoms with Crippen LogP contribution in [-0.4, -0.2) is 17.5 Å². The van der Waals surface area contributed by atoms with Gasteiger partial charge in [0, 0.05) is 5.92 Å². The van der Waals surface area contributed by atoms with Crippen molar-refractivity contribution in [3.8, 4) is 0 Å². The van der Waals surface area contributed by atoms with Crippen molar-refractivity contribution in [2.24, 2.45) is 5.92 Å². The molecule has 13 heavy (non-hydrogen) atoms. The minimum atomic E-state index is -0.178. The first-order valence-corrected chi connectivity index (χ1v) is 5.32. The van der Waals surface area contributed by atoms with Gasteiger partial charge in [-0.25, -0.2) is 0 Å². The zero-order valence-electron chi connectivity index (χ0n) is 8.25. The highest BCUT2D eigenvalue weighted by atomic mass is 35.5. The van der Waals surface area contributed by atoms with Crippen LogP contribution in [0.3, 0.4) is 0 Å². The molecular weight excluding hydrogens is 188 g/mol. The summed E-state index contributed by atoms with van der Waals surface area (Å²) in [4.78, 5) is 10.9. The molecule has 0 saturated heterocycles. The average Bonchev–Trinajstić information content (AvgIpc) is 2.04. The lowest BCUT2D eigenvalue weighted by molar-refractivity contribution is -0.117. The second kappa shape index (κ2) is 4.97. The van der Waals surface area contributed by atoms with Crippen LogP contribution in [0.2, 0.25) is 0 Å². The van der Waals surface area contributed by atoms with Crippen molar-refractivity contribution in [1.29, 1.82) is 0 Å². The van der Waals surface area contributed by atoms with Gasteiger partial charge >= 0.3 is 0 Å². The Kier molecular flexibility index (Phi) is 4.20. The Morgan fingerprint density at radius 2 is 1.85 bits per heavy atom. The largest absolute Gasteiger partial charge is 0.376 e. The Bertz CT molecular complexity index is 172. The SMILES string of the molecule is CC(C)O[C@H]1CC[C@H](C(=O)Cl)CC1. The fraction of sp³-hybridized carbons (Fsp3) is 0.900. The van der Waals surface area contributed by atoms with E-state index in [9.17, 15) is 4.79 Å². The van der Waals surface area contributed by atoms with Crippen molar-refractivity contribution in [2.45, 2.75) is 51.7 Å². The van der Waals surface area contributed by atoms with Gasteiger partial charge in [0.25, 0.3) is 0 Å². The maximum Gasteiger partial charge on any atom is 0.224 e. The van der Waals surface area contributed by atoms with Gasteiger partial charge in [0.1, 0.15) is 0 Å². The molecule has 1 saturated carbocycles. The molecule has 0 N–H and O–H groups in total. The smallest absolute Gasteiger partial charge is 0.224 e. The van der Waals surface area contributed by atoms with Crippen LogP contribution < -0.4 is 0 Å². The summed E-state index contributed by atoms with van der Waals surface area (Å²) >= 11 is 5.43. The zero-order valence-corrected chi connectivity index (χ0v) is 9.01. The highest BCUT2D eigenvalue weighted by Gasteiger charge is 2.25. The second-order valence-corrected chi connectivity index (χ2v) is 4.34. The van der Waals surface area contributed by atoms with E-state index in [1.165, 1.54) is 0 Å². The Morgan fingerprint density at radius 3 is 2.23 bits per heavy atom. The molecule has 76 valence electrons. The van der Waals surface area contributed by atoms with Gasteiger partial charge < -0.3 is 4.74 Å². The number of carbonyl (C=O) groups excluding carboxylic acids is 1. The van der Waals surface area contributed by atoms with E-state index in [2.05, 4.69) is 0 Å². The Hall–Kier alpha value is -0.0800. The van der Waals surface area contributed by atoms with Gasteiger partial charge in [0.15, 0.2) is 0 Å². The maximum absolute atomic E-state index is 10.9. The van der Waals surface area contributed by atoms with Crippen LogP contribution in [-0.2, 0) is 9.53 Å². The first-order valence-electron chi connectivity index (χ1n) is 4.94. The summed E-state index contributed by atoms with van der Waals surface area (Å²) in [5.74, 6) is 0.0775. The molecule has 0 aromatic carbocycles. The normalized spacial score (nSPS) is 29.2. The molecule has 0 aromatic rings. The third-order valence-corrected chi connectivity index (χ3v) is 2.77. The minimum absolute atomic E-state index is 0.0775. The number of halogens is 1. The summed E-state index contributed by atoms with van der Waals surface area (Å²) in [6.07, 6.45) is 4.35. The second-order valence-electron chi connectivity index (χ2n) is 3.96. The van der Waals surface area contributed by atoms with Gasteiger partial charge in [-0.2, -0.15) is 0 Å². The molecule has 0 atom stereocenters. The summed E-state index contributed by atoms with van der Waals surface area (Å²) in [7, 11) is 0. The molecule has 0 amide bonds.